The number of methoxy groups -OCH3 is 2. The molecular formula is C17H16BrN3O4S. The summed E-state index contributed by atoms with van der Waals surface area (Å²) in [6.45, 7) is 0. The predicted molar refractivity (Wildman–Crippen MR) is 102 cm³/mol. The SMILES string of the molecule is COc1ccc(S(=O)(=O)Nc2ccccc2-n2cc(Br)cn2)cc1OC. The Bertz CT molecular complexity index is 1030. The topological polar surface area (TPSA) is 82.5 Å². The lowest BCUT2D eigenvalue weighted by Gasteiger charge is -2.14. The molecule has 0 amide bonds. The lowest BCUT2D eigenvalue weighted by Crippen LogP contribution is -2.15. The Hall–Kier alpha value is -2.52. The van der Waals surface area contributed by atoms with E-state index in [1.807, 2.05) is 0 Å². The van der Waals surface area contributed by atoms with E-state index in [4.69, 9.17) is 9.47 Å². The third-order valence-electron chi connectivity index (χ3n) is 3.61. The molecule has 136 valence electrons. The zero-order valence-corrected chi connectivity index (χ0v) is 16.4. The highest BCUT2D eigenvalue weighted by molar-refractivity contribution is 9.10. The van der Waals surface area contributed by atoms with Crippen LogP contribution in [0.25, 0.3) is 5.69 Å². The highest BCUT2D eigenvalue weighted by Crippen LogP contribution is 2.31. The molecule has 0 bridgehead atoms. The molecule has 7 nitrogen and oxygen atoms in total. The van der Waals surface area contributed by atoms with E-state index < -0.39 is 10.0 Å². The molecule has 0 aliphatic rings. The molecule has 1 heterocycles. The highest BCUT2D eigenvalue weighted by atomic mass is 79.9. The summed E-state index contributed by atoms with van der Waals surface area (Å²) in [4.78, 5) is 0.0617. The number of aromatic nitrogens is 2. The van der Waals surface area contributed by atoms with Crippen LogP contribution in [-0.4, -0.2) is 32.4 Å². The number of para-hydroxylation sites is 2. The largest absolute Gasteiger partial charge is 0.493 e. The molecule has 0 spiro atoms. The van der Waals surface area contributed by atoms with Crippen LogP contribution in [0.2, 0.25) is 0 Å². The molecular weight excluding hydrogens is 422 g/mol. The standard InChI is InChI=1S/C17H16BrN3O4S/c1-24-16-8-7-13(9-17(16)25-2)26(22,23)20-14-5-3-4-6-15(14)21-11-12(18)10-19-21/h3-11,20H,1-2H3. The van der Waals surface area contributed by atoms with Gasteiger partial charge in [0.1, 0.15) is 0 Å². The van der Waals surface area contributed by atoms with Crippen LogP contribution in [0.15, 0.2) is 64.2 Å². The van der Waals surface area contributed by atoms with Crippen molar-refractivity contribution >= 4 is 31.6 Å². The monoisotopic (exact) mass is 437 g/mol. The van der Waals surface area contributed by atoms with Crippen molar-refractivity contribution in [3.8, 4) is 17.2 Å². The number of rotatable bonds is 6. The zero-order valence-electron chi connectivity index (χ0n) is 14.0. The van der Waals surface area contributed by atoms with Gasteiger partial charge < -0.3 is 9.47 Å². The van der Waals surface area contributed by atoms with Crippen LogP contribution < -0.4 is 14.2 Å². The van der Waals surface area contributed by atoms with E-state index in [1.165, 1.54) is 26.4 Å². The van der Waals surface area contributed by atoms with Crippen molar-refractivity contribution in [1.82, 2.24) is 9.78 Å². The molecule has 0 radical (unpaired) electrons. The van der Waals surface area contributed by atoms with Gasteiger partial charge in [-0.05, 0) is 40.2 Å². The first kappa shape index (κ1) is 18.3. The number of nitrogens with zero attached hydrogens (tertiary/aromatic N) is 2. The second-order valence-corrected chi connectivity index (χ2v) is 7.84. The predicted octanol–water partition coefficient (Wildman–Crippen LogP) is 3.45. The Balaban J connectivity index is 1.99. The Morgan fingerprint density at radius 2 is 1.81 bits per heavy atom. The molecule has 0 unspecified atom stereocenters. The number of ether oxygens (including phenoxy) is 2. The molecule has 26 heavy (non-hydrogen) atoms. The minimum absolute atomic E-state index is 0.0617. The summed E-state index contributed by atoms with van der Waals surface area (Å²) < 4.78 is 40.9. The first-order valence-electron chi connectivity index (χ1n) is 7.49. The molecule has 0 atom stereocenters. The quantitative estimate of drug-likeness (QED) is 0.638. The maximum Gasteiger partial charge on any atom is 0.262 e. The van der Waals surface area contributed by atoms with Crippen LogP contribution in [-0.2, 0) is 10.0 Å². The van der Waals surface area contributed by atoms with Gasteiger partial charge >= 0.3 is 0 Å². The summed E-state index contributed by atoms with van der Waals surface area (Å²) >= 11 is 3.33. The number of hydrogen-bond donors (Lipinski definition) is 1. The molecule has 0 aliphatic carbocycles. The van der Waals surface area contributed by atoms with Gasteiger partial charge in [-0.25, -0.2) is 13.1 Å². The maximum absolute atomic E-state index is 12.8. The van der Waals surface area contributed by atoms with Gasteiger partial charge in [0.2, 0.25) is 0 Å². The van der Waals surface area contributed by atoms with Crippen LogP contribution in [0, 0.1) is 0 Å². The zero-order chi connectivity index (χ0) is 18.7. The van der Waals surface area contributed by atoms with Crippen molar-refractivity contribution in [2.75, 3.05) is 18.9 Å². The Morgan fingerprint density at radius 3 is 2.46 bits per heavy atom. The van der Waals surface area contributed by atoms with E-state index in [9.17, 15) is 8.42 Å². The normalized spacial score (nSPS) is 11.2. The molecule has 3 rings (SSSR count). The van der Waals surface area contributed by atoms with Gasteiger partial charge in [-0.3, -0.25) is 4.72 Å². The molecule has 0 saturated carbocycles. The van der Waals surface area contributed by atoms with E-state index in [0.29, 0.717) is 22.9 Å². The molecule has 0 aliphatic heterocycles. The molecule has 1 aromatic heterocycles. The third-order valence-corrected chi connectivity index (χ3v) is 5.38. The molecule has 9 heteroatoms. The number of anilines is 1. The minimum atomic E-state index is -3.83. The van der Waals surface area contributed by atoms with Crippen molar-refractivity contribution in [3.63, 3.8) is 0 Å². The van der Waals surface area contributed by atoms with Crippen LogP contribution >= 0.6 is 15.9 Å². The minimum Gasteiger partial charge on any atom is -0.493 e. The van der Waals surface area contributed by atoms with E-state index in [0.717, 1.165) is 4.47 Å². The number of nitrogens with one attached hydrogen (secondary N) is 1. The number of sulfonamides is 1. The van der Waals surface area contributed by atoms with Gasteiger partial charge in [0.25, 0.3) is 10.0 Å². The summed E-state index contributed by atoms with van der Waals surface area (Å²) in [6, 6.07) is 11.4. The van der Waals surface area contributed by atoms with Gasteiger partial charge in [-0.15, -0.1) is 0 Å². The fourth-order valence-electron chi connectivity index (χ4n) is 2.38. The van der Waals surface area contributed by atoms with Gasteiger partial charge in [-0.1, -0.05) is 12.1 Å². The lowest BCUT2D eigenvalue weighted by molar-refractivity contribution is 0.354. The fourth-order valence-corrected chi connectivity index (χ4v) is 3.75. The first-order chi connectivity index (χ1) is 12.4. The summed E-state index contributed by atoms with van der Waals surface area (Å²) in [5, 5.41) is 4.20. The second-order valence-electron chi connectivity index (χ2n) is 5.24. The fraction of sp³-hybridized carbons (Fsp3) is 0.118. The van der Waals surface area contributed by atoms with Gasteiger partial charge in [0.05, 0.1) is 41.2 Å². The molecule has 2 aromatic carbocycles. The summed E-state index contributed by atoms with van der Waals surface area (Å²) in [5.41, 5.74) is 1.00. The van der Waals surface area contributed by atoms with Crippen LogP contribution in [0.1, 0.15) is 0 Å². The Labute approximate surface area is 159 Å². The molecule has 0 saturated heterocycles. The molecule has 1 N–H and O–H groups in total. The van der Waals surface area contributed by atoms with Gasteiger partial charge in [0, 0.05) is 12.3 Å². The smallest absolute Gasteiger partial charge is 0.262 e. The average molecular weight is 438 g/mol. The van der Waals surface area contributed by atoms with Gasteiger partial charge in [-0.2, -0.15) is 5.10 Å². The third kappa shape index (κ3) is 3.68. The Morgan fingerprint density at radius 1 is 1.08 bits per heavy atom. The maximum atomic E-state index is 12.8. The average Bonchev–Trinajstić information content (AvgIpc) is 3.07. The van der Waals surface area contributed by atoms with Crippen LogP contribution in [0.4, 0.5) is 5.69 Å². The van der Waals surface area contributed by atoms with E-state index in [1.54, 1.807) is 47.4 Å². The van der Waals surface area contributed by atoms with Crippen molar-refractivity contribution in [1.29, 1.82) is 0 Å². The molecule has 3 aromatic rings. The van der Waals surface area contributed by atoms with E-state index in [2.05, 4.69) is 25.8 Å². The van der Waals surface area contributed by atoms with Crippen LogP contribution in [0.5, 0.6) is 11.5 Å². The number of benzene rings is 2. The van der Waals surface area contributed by atoms with Crippen molar-refractivity contribution in [3.05, 3.63) is 59.3 Å². The summed E-state index contributed by atoms with van der Waals surface area (Å²) in [7, 11) is -0.893. The van der Waals surface area contributed by atoms with E-state index >= 15 is 0 Å². The van der Waals surface area contributed by atoms with Crippen molar-refractivity contribution < 1.29 is 17.9 Å². The highest BCUT2D eigenvalue weighted by Gasteiger charge is 2.19. The van der Waals surface area contributed by atoms with Crippen LogP contribution in [0.3, 0.4) is 0 Å². The van der Waals surface area contributed by atoms with Crippen molar-refractivity contribution in [2.24, 2.45) is 0 Å². The van der Waals surface area contributed by atoms with Gasteiger partial charge in [0.15, 0.2) is 11.5 Å². The van der Waals surface area contributed by atoms with E-state index in [-0.39, 0.29) is 4.90 Å². The number of hydrogen-bond acceptors (Lipinski definition) is 5. The summed E-state index contributed by atoms with van der Waals surface area (Å²) in [6.07, 6.45) is 3.36. The second kappa shape index (κ2) is 7.38. The molecule has 0 fully saturated rings. The Kier molecular flexibility index (Phi) is 5.19. The lowest BCUT2D eigenvalue weighted by atomic mass is 10.3. The first-order valence-corrected chi connectivity index (χ1v) is 9.76. The summed E-state index contributed by atoms with van der Waals surface area (Å²) in [5.74, 6) is 0.785. The van der Waals surface area contributed by atoms with Crippen molar-refractivity contribution in [2.45, 2.75) is 4.90 Å². The number of halogens is 1.